The first-order chi connectivity index (χ1) is 16.5. The summed E-state index contributed by atoms with van der Waals surface area (Å²) < 4.78 is 0. The normalized spacial score (nSPS) is 21.4. The number of piperidine rings is 1. The molecule has 0 bridgehead atoms. The Balaban J connectivity index is 1.30. The van der Waals surface area contributed by atoms with Crippen LogP contribution in [-0.2, 0) is 17.6 Å². The van der Waals surface area contributed by atoms with Crippen LogP contribution in [0.2, 0.25) is 5.02 Å². The number of benzene rings is 1. The first kappa shape index (κ1) is 23.1. The number of hydrogen-bond donors (Lipinski definition) is 0. The Kier molecular flexibility index (Phi) is 6.76. The van der Waals surface area contributed by atoms with E-state index in [1.54, 1.807) is 4.90 Å². The second-order valence-electron chi connectivity index (χ2n) is 9.95. The molecule has 2 saturated heterocycles. The summed E-state index contributed by atoms with van der Waals surface area (Å²) in [6.45, 7) is 6.82. The quantitative estimate of drug-likeness (QED) is 0.626. The molecule has 1 amide bonds. The second kappa shape index (κ2) is 9.93. The minimum absolute atomic E-state index is 0.0953. The van der Waals surface area contributed by atoms with Gasteiger partial charge in [-0.2, -0.15) is 5.26 Å². The van der Waals surface area contributed by atoms with Gasteiger partial charge in [0.25, 0.3) is 0 Å². The van der Waals surface area contributed by atoms with Crippen LogP contribution in [-0.4, -0.2) is 64.9 Å². The van der Waals surface area contributed by atoms with E-state index in [1.165, 1.54) is 22.3 Å². The predicted molar refractivity (Wildman–Crippen MR) is 132 cm³/mol. The monoisotopic (exact) mass is 477 g/mol. The van der Waals surface area contributed by atoms with Crippen molar-refractivity contribution < 1.29 is 4.79 Å². The summed E-state index contributed by atoms with van der Waals surface area (Å²) in [6.07, 6.45) is 8.60. The molecular weight excluding hydrogens is 446 g/mol. The molecule has 0 spiro atoms. The molecule has 0 saturated carbocycles. The number of amides is 1. The van der Waals surface area contributed by atoms with E-state index in [0.717, 1.165) is 75.7 Å². The number of rotatable bonds is 3. The average molecular weight is 478 g/mol. The Morgan fingerprint density at radius 3 is 2.56 bits per heavy atom. The number of carbonyl (C=O) groups excluding carboxylic acids is 1. The number of likely N-dealkylation sites (tertiary alicyclic amines) is 1. The summed E-state index contributed by atoms with van der Waals surface area (Å²) in [5.41, 5.74) is 6.26. The molecule has 0 radical (unpaired) electrons. The van der Waals surface area contributed by atoms with Gasteiger partial charge in [-0.25, -0.2) is 0 Å². The predicted octanol–water partition coefficient (Wildman–Crippen LogP) is 3.96. The molecule has 7 heteroatoms. The van der Waals surface area contributed by atoms with E-state index in [4.69, 9.17) is 21.8 Å². The number of nitrogens with zero attached hydrogens (tertiary/aromatic N) is 5. The lowest BCUT2D eigenvalue weighted by molar-refractivity contribution is -0.134. The molecule has 0 N–H and O–H groups in total. The van der Waals surface area contributed by atoms with Gasteiger partial charge in [0.05, 0.1) is 11.7 Å². The number of halogens is 1. The Morgan fingerprint density at radius 2 is 1.82 bits per heavy atom. The van der Waals surface area contributed by atoms with E-state index in [-0.39, 0.29) is 11.9 Å². The van der Waals surface area contributed by atoms with Crippen LogP contribution in [0.25, 0.3) is 0 Å². The van der Waals surface area contributed by atoms with Gasteiger partial charge in [-0.3, -0.25) is 14.7 Å². The molecular formula is C27H32ClN5O. The number of fused-ring (bicyclic) bond motifs is 2. The van der Waals surface area contributed by atoms with Gasteiger partial charge >= 0.3 is 0 Å². The molecule has 1 aromatic carbocycles. The minimum atomic E-state index is 0.0953. The number of aryl methyl sites for hydroxylation is 3. The third-order valence-electron chi connectivity index (χ3n) is 7.71. The zero-order valence-corrected chi connectivity index (χ0v) is 20.6. The standard InChI is InChI=1S/C27H32ClN5O/c1-19-14-22-3-2-21-16-23(28)4-5-24(21)27(26(22)30-17-19)33-12-10-32(11-13-33)25(34)15-20-6-8-31(18-29)9-7-20/h4-5,14,16-17,20,27H,2-3,6-13,15H2,1H3. The molecule has 3 heterocycles. The van der Waals surface area contributed by atoms with Crippen LogP contribution in [0.5, 0.6) is 0 Å². The number of piperazine rings is 1. The van der Waals surface area contributed by atoms with E-state index < -0.39 is 0 Å². The second-order valence-corrected chi connectivity index (χ2v) is 10.4. The van der Waals surface area contributed by atoms with Crippen LogP contribution in [0.3, 0.4) is 0 Å². The zero-order chi connectivity index (χ0) is 23.7. The van der Waals surface area contributed by atoms with Crippen molar-refractivity contribution in [3.05, 3.63) is 63.4 Å². The average Bonchev–Trinajstić information content (AvgIpc) is 3.01. The SMILES string of the molecule is Cc1cnc2c(c1)CCc1cc(Cl)ccc1C2N1CCN(C(=O)CC2CCN(C#N)CC2)CC1. The summed E-state index contributed by atoms with van der Waals surface area (Å²) in [7, 11) is 0. The lowest BCUT2D eigenvalue weighted by Gasteiger charge is -2.40. The van der Waals surface area contributed by atoms with Crippen molar-refractivity contribution in [2.45, 2.75) is 45.1 Å². The molecule has 3 aliphatic rings. The van der Waals surface area contributed by atoms with Gasteiger partial charge in [0.2, 0.25) is 5.91 Å². The maximum Gasteiger partial charge on any atom is 0.222 e. The fourth-order valence-electron chi connectivity index (χ4n) is 5.77. The Hall–Kier alpha value is -2.62. The van der Waals surface area contributed by atoms with Crippen LogP contribution >= 0.6 is 11.6 Å². The number of aromatic nitrogens is 1. The summed E-state index contributed by atoms with van der Waals surface area (Å²) in [6, 6.07) is 8.65. The molecule has 2 aromatic rings. The smallest absolute Gasteiger partial charge is 0.222 e. The van der Waals surface area contributed by atoms with Gasteiger partial charge in [-0.05, 0) is 72.9 Å². The molecule has 1 atom stereocenters. The van der Waals surface area contributed by atoms with Gasteiger partial charge in [0, 0.05) is 56.9 Å². The Labute approximate surface area is 207 Å². The summed E-state index contributed by atoms with van der Waals surface area (Å²) in [5, 5.41) is 9.83. The number of nitriles is 1. The van der Waals surface area contributed by atoms with Gasteiger partial charge in [-0.1, -0.05) is 23.7 Å². The molecule has 1 unspecified atom stereocenters. The van der Waals surface area contributed by atoms with Crippen LogP contribution in [0.15, 0.2) is 30.5 Å². The summed E-state index contributed by atoms with van der Waals surface area (Å²) >= 11 is 6.36. The van der Waals surface area contributed by atoms with E-state index in [1.807, 2.05) is 17.2 Å². The van der Waals surface area contributed by atoms with Gasteiger partial charge < -0.3 is 9.80 Å². The molecule has 1 aliphatic carbocycles. The maximum absolute atomic E-state index is 13.0. The van der Waals surface area contributed by atoms with Gasteiger partial charge in [0.15, 0.2) is 6.19 Å². The highest BCUT2D eigenvalue weighted by Crippen LogP contribution is 2.37. The van der Waals surface area contributed by atoms with E-state index >= 15 is 0 Å². The third kappa shape index (κ3) is 4.78. The summed E-state index contributed by atoms with van der Waals surface area (Å²) in [5.74, 6) is 0.658. The van der Waals surface area contributed by atoms with Crippen molar-refractivity contribution in [3.63, 3.8) is 0 Å². The van der Waals surface area contributed by atoms with Crippen molar-refractivity contribution in [2.24, 2.45) is 5.92 Å². The largest absolute Gasteiger partial charge is 0.340 e. The maximum atomic E-state index is 13.0. The van der Waals surface area contributed by atoms with Crippen molar-refractivity contribution in [1.29, 1.82) is 5.26 Å². The highest BCUT2D eigenvalue weighted by Gasteiger charge is 2.33. The van der Waals surface area contributed by atoms with Crippen molar-refractivity contribution in [1.82, 2.24) is 19.7 Å². The summed E-state index contributed by atoms with van der Waals surface area (Å²) in [4.78, 5) is 24.3. The van der Waals surface area contributed by atoms with Gasteiger partial charge in [-0.15, -0.1) is 0 Å². The lowest BCUT2D eigenvalue weighted by Crippen LogP contribution is -2.50. The molecule has 178 valence electrons. The molecule has 1 aromatic heterocycles. The highest BCUT2D eigenvalue weighted by atomic mass is 35.5. The first-order valence-electron chi connectivity index (χ1n) is 12.4. The molecule has 2 aliphatic heterocycles. The van der Waals surface area contributed by atoms with E-state index in [2.05, 4.69) is 36.2 Å². The van der Waals surface area contributed by atoms with Crippen LogP contribution in [0, 0.1) is 24.3 Å². The number of pyridine rings is 1. The fourth-order valence-corrected chi connectivity index (χ4v) is 5.97. The van der Waals surface area contributed by atoms with Gasteiger partial charge in [0.1, 0.15) is 0 Å². The fraction of sp³-hybridized carbons (Fsp3) is 0.519. The third-order valence-corrected chi connectivity index (χ3v) is 7.95. The highest BCUT2D eigenvalue weighted by molar-refractivity contribution is 6.30. The van der Waals surface area contributed by atoms with Crippen LogP contribution in [0.4, 0.5) is 0 Å². The van der Waals surface area contributed by atoms with Crippen molar-refractivity contribution in [2.75, 3.05) is 39.3 Å². The van der Waals surface area contributed by atoms with E-state index in [9.17, 15) is 4.79 Å². The molecule has 34 heavy (non-hydrogen) atoms. The van der Waals surface area contributed by atoms with E-state index in [0.29, 0.717) is 12.3 Å². The molecule has 5 rings (SSSR count). The van der Waals surface area contributed by atoms with Crippen molar-refractivity contribution >= 4 is 17.5 Å². The lowest BCUT2D eigenvalue weighted by atomic mass is 9.93. The molecule has 6 nitrogen and oxygen atoms in total. The minimum Gasteiger partial charge on any atom is -0.340 e. The van der Waals surface area contributed by atoms with Crippen LogP contribution < -0.4 is 0 Å². The number of hydrogen-bond acceptors (Lipinski definition) is 5. The van der Waals surface area contributed by atoms with Crippen molar-refractivity contribution in [3.8, 4) is 6.19 Å². The molecule has 2 fully saturated rings. The number of carbonyl (C=O) groups is 1. The Morgan fingerprint density at radius 1 is 1.09 bits per heavy atom. The zero-order valence-electron chi connectivity index (χ0n) is 19.8. The first-order valence-corrected chi connectivity index (χ1v) is 12.8. The topological polar surface area (TPSA) is 63.5 Å². The van der Waals surface area contributed by atoms with Crippen LogP contribution in [0.1, 0.15) is 53.3 Å². The Bertz CT molecular complexity index is 1040.